The first-order valence-corrected chi connectivity index (χ1v) is 21.3. The minimum absolute atomic E-state index is 0.0172. The highest BCUT2D eigenvalue weighted by Crippen LogP contribution is 2.39. The number of fused-ring (bicyclic) bond motifs is 1. The fourth-order valence-corrected chi connectivity index (χ4v) is 8.57. The van der Waals surface area contributed by atoms with Crippen LogP contribution < -0.4 is 22.1 Å². The van der Waals surface area contributed by atoms with E-state index in [9.17, 15) is 19.5 Å². The highest BCUT2D eigenvalue weighted by atomic mass is 16.7. The van der Waals surface area contributed by atoms with Gasteiger partial charge in [0.15, 0.2) is 6.29 Å². The Bertz CT molecular complexity index is 2470. The average molecular weight is 823 g/mol. The van der Waals surface area contributed by atoms with Gasteiger partial charge in [0.2, 0.25) is 11.8 Å². The summed E-state index contributed by atoms with van der Waals surface area (Å²) in [6.45, 7) is 2.83. The maximum absolute atomic E-state index is 12.9. The van der Waals surface area contributed by atoms with Gasteiger partial charge < -0.3 is 40.8 Å². The van der Waals surface area contributed by atoms with Gasteiger partial charge >= 0.3 is 5.69 Å². The first-order chi connectivity index (χ1) is 29.8. The lowest BCUT2D eigenvalue weighted by Gasteiger charge is -2.40. The summed E-state index contributed by atoms with van der Waals surface area (Å²) in [4.78, 5) is 43.5. The van der Waals surface area contributed by atoms with Crippen LogP contribution in [0.25, 0.3) is 22.2 Å². The number of aliphatic hydroxyl groups is 1. The lowest BCUT2D eigenvalue weighted by Crippen LogP contribution is -2.43. The molecule has 8 rings (SSSR count). The van der Waals surface area contributed by atoms with E-state index in [2.05, 4.69) is 50.8 Å². The second kappa shape index (κ2) is 19.6. The molecule has 0 aliphatic carbocycles. The van der Waals surface area contributed by atoms with Crippen LogP contribution in [0.2, 0.25) is 0 Å². The number of amides is 2. The van der Waals surface area contributed by atoms with Crippen LogP contribution in [0.4, 0.5) is 11.4 Å². The molecule has 6 N–H and O–H groups in total. The van der Waals surface area contributed by atoms with Crippen molar-refractivity contribution in [1.29, 1.82) is 0 Å². The van der Waals surface area contributed by atoms with Crippen molar-refractivity contribution in [2.24, 2.45) is 0 Å². The number of carbonyl (C=O) groups excluding carboxylic acids is 2. The first kappa shape index (κ1) is 41.7. The van der Waals surface area contributed by atoms with E-state index >= 15 is 0 Å². The molecule has 3 heterocycles. The molecule has 6 aromatic rings. The molecule has 2 fully saturated rings. The van der Waals surface area contributed by atoms with Crippen molar-refractivity contribution in [3.63, 3.8) is 0 Å². The number of benzene rings is 5. The molecule has 1 aromatic heterocycles. The van der Waals surface area contributed by atoms with Crippen molar-refractivity contribution < 1.29 is 24.2 Å². The van der Waals surface area contributed by atoms with E-state index in [0.29, 0.717) is 50.0 Å². The largest absolute Gasteiger partial charge is 0.397 e. The van der Waals surface area contributed by atoms with Crippen LogP contribution in [0, 0.1) is 0 Å². The number of anilines is 2. The van der Waals surface area contributed by atoms with E-state index in [1.54, 1.807) is 12.1 Å². The molecule has 12 heteroatoms. The van der Waals surface area contributed by atoms with Gasteiger partial charge in [0.1, 0.15) is 0 Å². The SMILES string of the molecule is Nc1ccccc1NC(=O)CCCCC(=O)NCc1ccccc1-c1ccc([C@H]2O[C@@H](CN3CCC(n4c(=O)[nH]c5ccccc54)CC3)C[C@@H](c3ccc(CO)cc3)O2)cc1. The number of nitrogen functional groups attached to an aromatic ring is 1. The second-order valence-electron chi connectivity index (χ2n) is 16.1. The van der Waals surface area contributed by atoms with Gasteiger partial charge in [0, 0.05) is 57.0 Å². The van der Waals surface area contributed by atoms with Crippen molar-refractivity contribution in [2.75, 3.05) is 30.7 Å². The number of aliphatic hydroxyl groups excluding tert-OH is 1. The van der Waals surface area contributed by atoms with Crippen molar-refractivity contribution in [3.05, 3.63) is 154 Å². The Hall–Kier alpha value is -6.05. The van der Waals surface area contributed by atoms with Gasteiger partial charge in [-0.15, -0.1) is 0 Å². The molecule has 2 aliphatic rings. The molecule has 0 saturated carbocycles. The molecule has 2 aliphatic heterocycles. The standard InChI is InChI=1S/C49H54N6O6/c50-41-11-3-4-12-42(41)52-47(58)16-8-7-15-46(57)51-30-37-9-1-2-10-40(37)34-21-23-36(24-22-34)48-60-39(29-45(61-48)35-19-17-33(32-56)18-20-35)31-54-27-25-38(26-28-54)55-44-14-6-5-13-43(44)53-49(55)59/h1-6,9-14,17-24,38-39,45,48,56H,7-8,15-16,25-32,50H2,(H,51,57)(H,52,58)(H,53,59)/t39-,45+,48+/m1/s1. The van der Waals surface area contributed by atoms with Crippen molar-refractivity contribution >= 4 is 34.2 Å². The predicted molar refractivity (Wildman–Crippen MR) is 237 cm³/mol. The van der Waals surface area contributed by atoms with Gasteiger partial charge in [-0.3, -0.25) is 14.2 Å². The molecule has 0 radical (unpaired) electrons. The number of piperidine rings is 1. The number of ether oxygens (including phenoxy) is 2. The summed E-state index contributed by atoms with van der Waals surface area (Å²) in [6, 6.07) is 39.4. The maximum atomic E-state index is 12.9. The number of likely N-dealkylation sites (tertiary alicyclic amines) is 1. The van der Waals surface area contributed by atoms with Crippen LogP contribution in [-0.2, 0) is 32.2 Å². The molecule has 12 nitrogen and oxygen atoms in total. The Balaban J connectivity index is 0.880. The molecule has 0 unspecified atom stereocenters. The molecular weight excluding hydrogens is 769 g/mol. The molecular formula is C49H54N6O6. The van der Waals surface area contributed by atoms with Crippen molar-refractivity contribution in [1.82, 2.24) is 19.8 Å². The van der Waals surface area contributed by atoms with E-state index in [1.165, 1.54) is 0 Å². The summed E-state index contributed by atoms with van der Waals surface area (Å²) in [6.07, 6.45) is 3.39. The lowest BCUT2D eigenvalue weighted by molar-refractivity contribution is -0.253. The van der Waals surface area contributed by atoms with Gasteiger partial charge in [-0.1, -0.05) is 97.1 Å². The molecule has 5 aromatic carbocycles. The van der Waals surface area contributed by atoms with Crippen LogP contribution in [0.5, 0.6) is 0 Å². The molecule has 316 valence electrons. The number of unbranched alkanes of at least 4 members (excludes halogenated alkanes) is 1. The number of aromatic nitrogens is 2. The summed E-state index contributed by atoms with van der Waals surface area (Å²) in [5.41, 5.74) is 14.7. The van der Waals surface area contributed by atoms with Gasteiger partial charge in [0.05, 0.1) is 41.2 Å². The summed E-state index contributed by atoms with van der Waals surface area (Å²) in [7, 11) is 0. The monoisotopic (exact) mass is 822 g/mol. The third-order valence-corrected chi connectivity index (χ3v) is 11.9. The number of H-pyrrole nitrogens is 1. The van der Waals surface area contributed by atoms with Crippen LogP contribution in [0.3, 0.4) is 0 Å². The highest BCUT2D eigenvalue weighted by molar-refractivity contribution is 5.93. The third-order valence-electron chi connectivity index (χ3n) is 11.9. The molecule has 2 saturated heterocycles. The lowest BCUT2D eigenvalue weighted by atomic mass is 9.97. The molecule has 61 heavy (non-hydrogen) atoms. The molecule has 3 atom stereocenters. The van der Waals surface area contributed by atoms with Crippen molar-refractivity contribution in [3.8, 4) is 11.1 Å². The van der Waals surface area contributed by atoms with Crippen molar-refractivity contribution in [2.45, 2.75) is 82.6 Å². The molecule has 0 bridgehead atoms. The summed E-state index contributed by atoms with van der Waals surface area (Å²) < 4.78 is 15.3. The Morgan fingerprint density at radius 3 is 2.25 bits per heavy atom. The Labute approximate surface area is 355 Å². The zero-order chi connectivity index (χ0) is 42.1. The number of carbonyl (C=O) groups is 2. The number of rotatable bonds is 15. The first-order valence-electron chi connectivity index (χ1n) is 21.3. The maximum Gasteiger partial charge on any atom is 0.326 e. The topological polar surface area (TPSA) is 164 Å². The number of para-hydroxylation sites is 4. The summed E-state index contributed by atoms with van der Waals surface area (Å²) in [5, 5.41) is 15.6. The summed E-state index contributed by atoms with van der Waals surface area (Å²) in [5.74, 6) is -0.184. The van der Waals surface area contributed by atoms with Crippen LogP contribution in [-0.4, -0.2) is 57.1 Å². The van der Waals surface area contributed by atoms with Gasteiger partial charge in [0.25, 0.3) is 0 Å². The normalized spacial score (nSPS) is 18.5. The molecule has 0 spiro atoms. The Morgan fingerprint density at radius 2 is 1.48 bits per heavy atom. The van der Waals surface area contributed by atoms with Crippen LogP contribution >= 0.6 is 0 Å². The number of imidazole rings is 1. The molecule has 2 amide bonds. The van der Waals surface area contributed by atoms with Gasteiger partial charge in [-0.05, 0) is 77.8 Å². The zero-order valence-electron chi connectivity index (χ0n) is 34.3. The Morgan fingerprint density at radius 1 is 0.787 bits per heavy atom. The zero-order valence-corrected chi connectivity index (χ0v) is 34.3. The fraction of sp³-hybridized carbons (Fsp3) is 0.327. The third kappa shape index (κ3) is 10.3. The smallest absolute Gasteiger partial charge is 0.326 e. The minimum Gasteiger partial charge on any atom is -0.397 e. The van der Waals surface area contributed by atoms with E-state index in [-0.39, 0.29) is 42.4 Å². The predicted octanol–water partition coefficient (Wildman–Crippen LogP) is 7.77. The van der Waals surface area contributed by atoms with Crippen LogP contribution in [0.1, 0.15) is 85.6 Å². The number of hydrogen-bond donors (Lipinski definition) is 5. The summed E-state index contributed by atoms with van der Waals surface area (Å²) >= 11 is 0. The van der Waals surface area contributed by atoms with E-state index in [1.807, 2.05) is 83.4 Å². The Kier molecular flexibility index (Phi) is 13.4. The average Bonchev–Trinajstić information content (AvgIpc) is 3.63. The quantitative estimate of drug-likeness (QED) is 0.0518. The number of aromatic amines is 1. The highest BCUT2D eigenvalue weighted by Gasteiger charge is 2.34. The van der Waals surface area contributed by atoms with Gasteiger partial charge in [-0.2, -0.15) is 0 Å². The van der Waals surface area contributed by atoms with Gasteiger partial charge in [-0.25, -0.2) is 4.79 Å². The van der Waals surface area contributed by atoms with E-state index in [0.717, 1.165) is 76.9 Å². The number of nitrogens with two attached hydrogens (primary N) is 1. The number of nitrogens with one attached hydrogen (secondary N) is 3. The second-order valence-corrected chi connectivity index (χ2v) is 16.1. The number of hydrogen-bond acceptors (Lipinski definition) is 8. The van der Waals surface area contributed by atoms with E-state index in [4.69, 9.17) is 15.2 Å². The van der Waals surface area contributed by atoms with E-state index < -0.39 is 6.29 Å². The minimum atomic E-state index is -0.588. The van der Waals surface area contributed by atoms with Crippen LogP contribution in [0.15, 0.2) is 126 Å². The fourth-order valence-electron chi connectivity index (χ4n) is 8.57. The number of nitrogens with zero attached hydrogens (tertiary/aromatic N) is 2.